The predicted octanol–water partition coefficient (Wildman–Crippen LogP) is 1.99. The highest BCUT2D eigenvalue weighted by Crippen LogP contribution is 2.19. The molecular weight excluding hydrogens is 250 g/mol. The number of rotatable bonds is 6. The second kappa shape index (κ2) is 6.31. The molecule has 0 bridgehead atoms. The van der Waals surface area contributed by atoms with Gasteiger partial charge >= 0.3 is 0 Å². The van der Waals surface area contributed by atoms with Crippen LogP contribution >= 0.6 is 0 Å². The Kier molecular flexibility index (Phi) is 5.31. The van der Waals surface area contributed by atoms with Gasteiger partial charge in [-0.05, 0) is 31.0 Å². The highest BCUT2D eigenvalue weighted by atomic mass is 32.2. The average molecular weight is 271 g/mol. The van der Waals surface area contributed by atoms with Gasteiger partial charge in [0, 0.05) is 12.6 Å². The van der Waals surface area contributed by atoms with E-state index in [4.69, 9.17) is 5.11 Å². The Morgan fingerprint density at radius 3 is 2.17 bits per heavy atom. The number of sulfonamides is 1. The molecule has 0 aliphatic carbocycles. The molecule has 0 radical (unpaired) electrons. The van der Waals surface area contributed by atoms with E-state index in [1.54, 1.807) is 24.3 Å². The molecule has 0 spiro atoms. The summed E-state index contributed by atoms with van der Waals surface area (Å²) in [4.78, 5) is 0.279. The number of hydrogen-bond donors (Lipinski definition) is 1. The standard InChI is InChI=1S/C13H21NO3S/c1-4-11(3)14(5-2)18(16,17)13-8-6-12(10-15)7-9-13/h6-9,11,15H,4-5,10H2,1-3H3. The van der Waals surface area contributed by atoms with Gasteiger partial charge in [-0.1, -0.05) is 26.0 Å². The average Bonchev–Trinajstić information content (AvgIpc) is 2.39. The summed E-state index contributed by atoms with van der Waals surface area (Å²) < 4.78 is 26.4. The fourth-order valence-corrected chi connectivity index (χ4v) is 3.54. The molecule has 1 aromatic rings. The Morgan fingerprint density at radius 2 is 1.78 bits per heavy atom. The summed E-state index contributed by atoms with van der Waals surface area (Å²) >= 11 is 0. The maximum absolute atomic E-state index is 12.4. The Hall–Kier alpha value is -0.910. The maximum atomic E-state index is 12.4. The van der Waals surface area contributed by atoms with Gasteiger partial charge in [-0.2, -0.15) is 4.31 Å². The van der Waals surface area contributed by atoms with Crippen LogP contribution in [0.15, 0.2) is 29.2 Å². The minimum Gasteiger partial charge on any atom is -0.392 e. The van der Waals surface area contributed by atoms with E-state index in [1.807, 2.05) is 20.8 Å². The zero-order valence-corrected chi connectivity index (χ0v) is 11.9. The lowest BCUT2D eigenvalue weighted by molar-refractivity contribution is 0.281. The lowest BCUT2D eigenvalue weighted by Gasteiger charge is -2.26. The quantitative estimate of drug-likeness (QED) is 0.861. The number of nitrogens with zero attached hydrogens (tertiary/aromatic N) is 1. The summed E-state index contributed by atoms with van der Waals surface area (Å²) in [6, 6.07) is 6.35. The largest absolute Gasteiger partial charge is 0.392 e. The van der Waals surface area contributed by atoms with Gasteiger partial charge in [0.15, 0.2) is 0 Å². The zero-order chi connectivity index (χ0) is 13.8. The third-order valence-electron chi connectivity index (χ3n) is 3.11. The molecule has 0 saturated carbocycles. The smallest absolute Gasteiger partial charge is 0.243 e. The first kappa shape index (κ1) is 15.1. The van der Waals surface area contributed by atoms with Gasteiger partial charge in [0.1, 0.15) is 0 Å². The van der Waals surface area contributed by atoms with Crippen LogP contribution in [-0.2, 0) is 16.6 Å². The summed E-state index contributed by atoms with van der Waals surface area (Å²) in [6.07, 6.45) is 0.780. The van der Waals surface area contributed by atoms with E-state index in [0.717, 1.165) is 6.42 Å². The first-order valence-electron chi connectivity index (χ1n) is 6.19. The van der Waals surface area contributed by atoms with Crippen molar-refractivity contribution in [3.8, 4) is 0 Å². The second-order valence-electron chi connectivity index (χ2n) is 4.27. The summed E-state index contributed by atoms with van der Waals surface area (Å²) in [7, 11) is -3.44. The third-order valence-corrected chi connectivity index (χ3v) is 5.21. The van der Waals surface area contributed by atoms with E-state index in [1.165, 1.54) is 4.31 Å². The molecule has 1 atom stereocenters. The Balaban J connectivity index is 3.10. The highest BCUT2D eigenvalue weighted by Gasteiger charge is 2.26. The molecule has 0 saturated heterocycles. The van der Waals surface area contributed by atoms with Gasteiger partial charge in [0.25, 0.3) is 0 Å². The van der Waals surface area contributed by atoms with E-state index >= 15 is 0 Å². The molecule has 5 heteroatoms. The van der Waals surface area contributed by atoms with Gasteiger partial charge in [0.2, 0.25) is 10.0 Å². The molecule has 102 valence electrons. The van der Waals surface area contributed by atoms with E-state index in [9.17, 15) is 8.42 Å². The van der Waals surface area contributed by atoms with Gasteiger partial charge in [-0.25, -0.2) is 8.42 Å². The molecule has 18 heavy (non-hydrogen) atoms. The molecule has 1 aromatic carbocycles. The van der Waals surface area contributed by atoms with Crippen molar-refractivity contribution in [2.24, 2.45) is 0 Å². The van der Waals surface area contributed by atoms with Crippen molar-refractivity contribution in [1.82, 2.24) is 4.31 Å². The van der Waals surface area contributed by atoms with E-state index in [0.29, 0.717) is 12.1 Å². The van der Waals surface area contributed by atoms with Crippen molar-refractivity contribution in [2.75, 3.05) is 6.54 Å². The first-order valence-corrected chi connectivity index (χ1v) is 7.63. The van der Waals surface area contributed by atoms with Gasteiger partial charge in [-0.3, -0.25) is 0 Å². The summed E-state index contributed by atoms with van der Waals surface area (Å²) in [5.74, 6) is 0. The van der Waals surface area contributed by atoms with Crippen molar-refractivity contribution in [2.45, 2.75) is 44.7 Å². The molecule has 0 aromatic heterocycles. The van der Waals surface area contributed by atoms with Gasteiger partial charge in [0.05, 0.1) is 11.5 Å². The van der Waals surface area contributed by atoms with E-state index in [-0.39, 0.29) is 17.5 Å². The molecule has 0 aliphatic heterocycles. The number of aliphatic hydroxyl groups is 1. The van der Waals surface area contributed by atoms with Gasteiger partial charge in [-0.15, -0.1) is 0 Å². The van der Waals surface area contributed by atoms with Crippen LogP contribution in [0.3, 0.4) is 0 Å². The monoisotopic (exact) mass is 271 g/mol. The van der Waals surface area contributed by atoms with E-state index in [2.05, 4.69) is 0 Å². The third kappa shape index (κ3) is 3.10. The van der Waals surface area contributed by atoms with Crippen LogP contribution in [0.5, 0.6) is 0 Å². The lowest BCUT2D eigenvalue weighted by Crippen LogP contribution is -2.38. The number of hydrogen-bond acceptors (Lipinski definition) is 3. The minimum absolute atomic E-state index is 0.0162. The second-order valence-corrected chi connectivity index (χ2v) is 6.16. The fourth-order valence-electron chi connectivity index (χ4n) is 1.82. The molecular formula is C13H21NO3S. The van der Waals surface area contributed by atoms with Crippen molar-refractivity contribution < 1.29 is 13.5 Å². The van der Waals surface area contributed by atoms with Crippen molar-refractivity contribution in [3.63, 3.8) is 0 Å². The predicted molar refractivity (Wildman–Crippen MR) is 71.7 cm³/mol. The van der Waals surface area contributed by atoms with Crippen molar-refractivity contribution >= 4 is 10.0 Å². The van der Waals surface area contributed by atoms with Crippen LogP contribution in [0, 0.1) is 0 Å². The Bertz CT molecular complexity index is 468. The van der Waals surface area contributed by atoms with Crippen LogP contribution in [0.4, 0.5) is 0 Å². The molecule has 1 N–H and O–H groups in total. The summed E-state index contributed by atoms with van der Waals surface area (Å²) in [5.41, 5.74) is 0.709. The lowest BCUT2D eigenvalue weighted by atomic mass is 10.2. The minimum atomic E-state index is -3.44. The summed E-state index contributed by atoms with van der Waals surface area (Å²) in [6.45, 7) is 6.09. The molecule has 1 rings (SSSR count). The normalized spacial score (nSPS) is 13.8. The first-order chi connectivity index (χ1) is 8.47. The van der Waals surface area contributed by atoms with Crippen LogP contribution < -0.4 is 0 Å². The molecule has 0 heterocycles. The fraction of sp³-hybridized carbons (Fsp3) is 0.538. The Labute approximate surface area is 109 Å². The Morgan fingerprint density at radius 1 is 1.22 bits per heavy atom. The molecule has 0 fully saturated rings. The molecule has 0 amide bonds. The highest BCUT2D eigenvalue weighted by molar-refractivity contribution is 7.89. The van der Waals surface area contributed by atoms with E-state index < -0.39 is 10.0 Å². The topological polar surface area (TPSA) is 57.6 Å². The van der Waals surface area contributed by atoms with Crippen LogP contribution in [0.25, 0.3) is 0 Å². The van der Waals surface area contributed by atoms with Crippen LogP contribution in [0.2, 0.25) is 0 Å². The number of aliphatic hydroxyl groups excluding tert-OH is 1. The molecule has 1 unspecified atom stereocenters. The van der Waals surface area contributed by atoms with Crippen molar-refractivity contribution in [3.05, 3.63) is 29.8 Å². The van der Waals surface area contributed by atoms with Crippen molar-refractivity contribution in [1.29, 1.82) is 0 Å². The SMILES string of the molecule is CCC(C)N(CC)S(=O)(=O)c1ccc(CO)cc1. The summed E-state index contributed by atoms with van der Waals surface area (Å²) in [5, 5.41) is 8.95. The zero-order valence-electron chi connectivity index (χ0n) is 11.1. The molecule has 0 aliphatic rings. The maximum Gasteiger partial charge on any atom is 0.243 e. The number of benzene rings is 1. The van der Waals surface area contributed by atoms with Crippen LogP contribution in [0.1, 0.15) is 32.8 Å². The molecule has 4 nitrogen and oxygen atoms in total. The van der Waals surface area contributed by atoms with Crippen LogP contribution in [-0.4, -0.2) is 30.4 Å². The van der Waals surface area contributed by atoms with Gasteiger partial charge < -0.3 is 5.11 Å².